The van der Waals surface area contributed by atoms with Crippen LogP contribution in [0.2, 0.25) is 0 Å². The highest BCUT2D eigenvalue weighted by atomic mass is 16.5. The number of hydrogen-bond donors (Lipinski definition) is 0. The second-order valence-corrected chi connectivity index (χ2v) is 7.76. The topological polar surface area (TPSA) is 46.6 Å². The highest BCUT2D eigenvalue weighted by molar-refractivity contribution is 5.87. The van der Waals surface area contributed by atoms with Crippen LogP contribution in [-0.4, -0.2) is 23.3 Å². The third-order valence-corrected chi connectivity index (χ3v) is 5.63. The van der Waals surface area contributed by atoms with Crippen molar-refractivity contribution in [2.24, 2.45) is 5.92 Å². The Morgan fingerprint density at radius 1 is 0.933 bits per heavy atom. The molecule has 3 aromatic rings. The largest absolute Gasteiger partial charge is 0.426 e. The maximum atomic E-state index is 12.6. The first-order chi connectivity index (χ1) is 14.6. The van der Waals surface area contributed by atoms with Crippen LogP contribution in [0.15, 0.2) is 84.9 Å². The molecule has 0 spiro atoms. The number of amides is 1. The smallest absolute Gasteiger partial charge is 0.316 e. The van der Waals surface area contributed by atoms with E-state index in [2.05, 4.69) is 12.1 Å². The van der Waals surface area contributed by atoms with Crippen molar-refractivity contribution >= 4 is 11.9 Å². The first kappa shape index (κ1) is 19.9. The summed E-state index contributed by atoms with van der Waals surface area (Å²) in [5.74, 6) is -0.278. The number of nitrogens with zero attached hydrogens (tertiary/aromatic N) is 1. The van der Waals surface area contributed by atoms with Crippen LogP contribution in [0.4, 0.5) is 0 Å². The van der Waals surface area contributed by atoms with Crippen molar-refractivity contribution < 1.29 is 14.3 Å². The molecule has 1 aliphatic rings. The van der Waals surface area contributed by atoms with Crippen LogP contribution >= 0.6 is 0 Å². The van der Waals surface area contributed by atoms with Crippen LogP contribution < -0.4 is 4.74 Å². The standard InChI is InChI=1S/C26H25NO3/c1-19(22-10-6-3-7-11-22)27-18-23(17-25(27)28)26(29)30-24-14-12-21(13-15-24)16-20-8-4-2-5-9-20/h2-15,19,23H,16-18H2,1H3/t19-,23+/m0/s1. The van der Waals surface area contributed by atoms with Crippen LogP contribution in [-0.2, 0) is 16.0 Å². The molecule has 1 amide bonds. The highest BCUT2D eigenvalue weighted by Gasteiger charge is 2.38. The molecule has 2 atom stereocenters. The zero-order valence-corrected chi connectivity index (χ0v) is 17.0. The fourth-order valence-electron chi connectivity index (χ4n) is 3.88. The van der Waals surface area contributed by atoms with Gasteiger partial charge in [0.25, 0.3) is 0 Å². The van der Waals surface area contributed by atoms with E-state index < -0.39 is 5.92 Å². The second kappa shape index (κ2) is 8.95. The Balaban J connectivity index is 1.35. The molecule has 0 unspecified atom stereocenters. The first-order valence-corrected chi connectivity index (χ1v) is 10.3. The number of hydrogen-bond acceptors (Lipinski definition) is 3. The molecule has 0 bridgehead atoms. The van der Waals surface area contributed by atoms with Crippen molar-refractivity contribution in [1.82, 2.24) is 4.90 Å². The number of benzene rings is 3. The van der Waals surface area contributed by atoms with E-state index in [0.717, 1.165) is 17.5 Å². The Bertz CT molecular complexity index is 999. The van der Waals surface area contributed by atoms with E-state index in [-0.39, 0.29) is 24.3 Å². The molecular formula is C26H25NO3. The van der Waals surface area contributed by atoms with Crippen molar-refractivity contribution in [3.63, 3.8) is 0 Å². The van der Waals surface area contributed by atoms with Crippen molar-refractivity contribution in [2.75, 3.05) is 6.54 Å². The van der Waals surface area contributed by atoms with Gasteiger partial charge in [0, 0.05) is 13.0 Å². The van der Waals surface area contributed by atoms with Crippen molar-refractivity contribution in [1.29, 1.82) is 0 Å². The van der Waals surface area contributed by atoms with Crippen molar-refractivity contribution in [2.45, 2.75) is 25.8 Å². The van der Waals surface area contributed by atoms with E-state index in [0.29, 0.717) is 12.3 Å². The van der Waals surface area contributed by atoms with Crippen molar-refractivity contribution in [3.8, 4) is 5.75 Å². The summed E-state index contributed by atoms with van der Waals surface area (Å²) >= 11 is 0. The van der Waals surface area contributed by atoms with Gasteiger partial charge in [-0.1, -0.05) is 72.8 Å². The van der Waals surface area contributed by atoms with Crippen LogP contribution in [0, 0.1) is 5.92 Å². The molecule has 1 saturated heterocycles. The predicted molar refractivity (Wildman–Crippen MR) is 116 cm³/mol. The summed E-state index contributed by atoms with van der Waals surface area (Å²) in [7, 11) is 0. The van der Waals surface area contributed by atoms with Gasteiger partial charge in [-0.05, 0) is 42.2 Å². The number of rotatable bonds is 6. The van der Waals surface area contributed by atoms with Crippen LogP contribution in [0.5, 0.6) is 5.75 Å². The lowest BCUT2D eigenvalue weighted by Crippen LogP contribution is -2.30. The maximum absolute atomic E-state index is 12.6. The molecule has 0 radical (unpaired) electrons. The zero-order chi connectivity index (χ0) is 20.9. The molecular weight excluding hydrogens is 374 g/mol. The molecule has 1 fully saturated rings. The van der Waals surface area contributed by atoms with Gasteiger partial charge >= 0.3 is 5.97 Å². The Kier molecular flexibility index (Phi) is 5.94. The number of carbonyl (C=O) groups excluding carboxylic acids is 2. The van der Waals surface area contributed by atoms with E-state index in [1.165, 1.54) is 5.56 Å². The summed E-state index contributed by atoms with van der Waals surface area (Å²) in [6, 6.07) is 27.6. The Labute approximate surface area is 177 Å². The van der Waals surface area contributed by atoms with Gasteiger partial charge in [-0.3, -0.25) is 9.59 Å². The van der Waals surface area contributed by atoms with Gasteiger partial charge in [-0.2, -0.15) is 0 Å². The third kappa shape index (κ3) is 4.60. The van der Waals surface area contributed by atoms with Gasteiger partial charge in [0.2, 0.25) is 5.91 Å². The average Bonchev–Trinajstić information content (AvgIpc) is 3.18. The minimum absolute atomic E-state index is 0.00786. The molecule has 1 aliphatic heterocycles. The third-order valence-electron chi connectivity index (χ3n) is 5.63. The monoisotopic (exact) mass is 399 g/mol. The highest BCUT2D eigenvalue weighted by Crippen LogP contribution is 2.29. The molecule has 0 aromatic heterocycles. The lowest BCUT2D eigenvalue weighted by molar-refractivity contribution is -0.139. The van der Waals surface area contributed by atoms with Crippen LogP contribution in [0.25, 0.3) is 0 Å². The van der Waals surface area contributed by atoms with E-state index in [4.69, 9.17) is 4.74 Å². The first-order valence-electron chi connectivity index (χ1n) is 10.3. The second-order valence-electron chi connectivity index (χ2n) is 7.76. The molecule has 4 rings (SSSR count). The van der Waals surface area contributed by atoms with Gasteiger partial charge in [-0.15, -0.1) is 0 Å². The average molecular weight is 399 g/mol. The Hall–Kier alpha value is -3.40. The van der Waals surface area contributed by atoms with Gasteiger partial charge < -0.3 is 9.64 Å². The van der Waals surface area contributed by atoms with Crippen LogP contribution in [0.1, 0.15) is 36.1 Å². The number of likely N-dealkylation sites (tertiary alicyclic amines) is 1. The quantitative estimate of drug-likeness (QED) is 0.442. The predicted octanol–water partition coefficient (Wildman–Crippen LogP) is 4.79. The molecule has 30 heavy (non-hydrogen) atoms. The van der Waals surface area contributed by atoms with E-state index in [9.17, 15) is 9.59 Å². The summed E-state index contributed by atoms with van der Waals surface area (Å²) in [5, 5.41) is 0. The van der Waals surface area contributed by atoms with Gasteiger partial charge in [0.15, 0.2) is 0 Å². The molecule has 3 aromatic carbocycles. The fourth-order valence-corrected chi connectivity index (χ4v) is 3.88. The van der Waals surface area contributed by atoms with E-state index in [1.54, 1.807) is 4.90 Å². The van der Waals surface area contributed by atoms with Crippen LogP contribution in [0.3, 0.4) is 0 Å². The van der Waals surface area contributed by atoms with Gasteiger partial charge in [-0.25, -0.2) is 0 Å². The summed E-state index contributed by atoms with van der Waals surface area (Å²) in [6.07, 6.45) is 1.03. The van der Waals surface area contributed by atoms with E-state index in [1.807, 2.05) is 79.7 Å². The number of carbonyl (C=O) groups is 2. The lowest BCUT2D eigenvalue weighted by Gasteiger charge is -2.25. The lowest BCUT2D eigenvalue weighted by atomic mass is 10.1. The molecule has 152 valence electrons. The zero-order valence-electron chi connectivity index (χ0n) is 17.0. The molecule has 0 aliphatic carbocycles. The fraction of sp³-hybridized carbons (Fsp3) is 0.231. The summed E-state index contributed by atoms with van der Waals surface area (Å²) < 4.78 is 5.57. The molecule has 0 saturated carbocycles. The van der Waals surface area contributed by atoms with Gasteiger partial charge in [0.1, 0.15) is 5.75 Å². The summed E-state index contributed by atoms with van der Waals surface area (Å²) in [6.45, 7) is 2.38. The Morgan fingerprint density at radius 2 is 1.53 bits per heavy atom. The minimum atomic E-state index is -0.437. The maximum Gasteiger partial charge on any atom is 0.316 e. The molecule has 4 nitrogen and oxygen atoms in total. The van der Waals surface area contributed by atoms with Gasteiger partial charge in [0.05, 0.1) is 12.0 Å². The summed E-state index contributed by atoms with van der Waals surface area (Å²) in [4.78, 5) is 26.9. The molecule has 1 heterocycles. The summed E-state index contributed by atoms with van der Waals surface area (Å²) in [5.41, 5.74) is 3.45. The van der Waals surface area contributed by atoms with Crippen molar-refractivity contribution in [3.05, 3.63) is 102 Å². The number of esters is 1. The Morgan fingerprint density at radius 3 is 2.20 bits per heavy atom. The molecule has 0 N–H and O–H groups in total. The minimum Gasteiger partial charge on any atom is -0.426 e. The SMILES string of the molecule is C[C@@H](c1ccccc1)N1C[C@H](C(=O)Oc2ccc(Cc3ccccc3)cc2)CC1=O. The normalized spacial score (nSPS) is 17.0. The molecule has 4 heteroatoms. The van der Waals surface area contributed by atoms with E-state index >= 15 is 0 Å². The number of ether oxygens (including phenoxy) is 1.